The zero-order chi connectivity index (χ0) is 26.2. The molecule has 2 unspecified atom stereocenters. The van der Waals surface area contributed by atoms with E-state index in [4.69, 9.17) is 4.74 Å². The van der Waals surface area contributed by atoms with Crippen LogP contribution in [0.4, 0.5) is 4.79 Å². The number of aromatic nitrogens is 1. The van der Waals surface area contributed by atoms with Crippen LogP contribution in [0, 0.1) is 11.8 Å². The van der Waals surface area contributed by atoms with E-state index in [1.807, 2.05) is 24.4 Å². The van der Waals surface area contributed by atoms with Crippen LogP contribution in [-0.2, 0) is 20.8 Å². The second kappa shape index (κ2) is 10.0. The van der Waals surface area contributed by atoms with E-state index in [1.165, 1.54) is 0 Å². The number of ether oxygens (including phenoxy) is 1. The van der Waals surface area contributed by atoms with Gasteiger partial charge in [0.15, 0.2) is 0 Å². The number of carbonyl (C=O) groups excluding carboxylic acids is 4. The van der Waals surface area contributed by atoms with Crippen LogP contribution in [0.1, 0.15) is 44.1 Å². The van der Waals surface area contributed by atoms with Gasteiger partial charge >= 0.3 is 6.03 Å². The van der Waals surface area contributed by atoms with Gasteiger partial charge in [-0.1, -0.05) is 6.42 Å². The van der Waals surface area contributed by atoms with Crippen molar-refractivity contribution in [3.63, 3.8) is 0 Å². The molecule has 3 heterocycles. The Kier molecular flexibility index (Phi) is 6.80. The minimum Gasteiger partial charge on any atom is -0.497 e. The summed E-state index contributed by atoms with van der Waals surface area (Å²) in [5.74, 6) is -0.329. The highest BCUT2D eigenvalue weighted by Crippen LogP contribution is 2.55. The summed E-state index contributed by atoms with van der Waals surface area (Å²) < 4.78 is 5.29. The molecule has 4 N–H and O–H groups in total. The number of aromatic amines is 1. The van der Waals surface area contributed by atoms with Crippen LogP contribution in [-0.4, -0.2) is 76.2 Å². The summed E-state index contributed by atoms with van der Waals surface area (Å²) in [4.78, 5) is 55.0. The molecule has 3 fully saturated rings. The lowest BCUT2D eigenvalue weighted by Crippen LogP contribution is -2.63. The SMILES string of the molecule is COc1ccc2[nH]cc(CCNC(=O)NC(=O)[C@@H]3CCC45CCCC4C[C@H](CN(O)C=O)C(=O)N35)c2c1. The fourth-order valence-corrected chi connectivity index (χ4v) is 6.78. The van der Waals surface area contributed by atoms with E-state index in [0.717, 1.165) is 47.9 Å². The maximum Gasteiger partial charge on any atom is 0.321 e. The molecule has 1 spiro atoms. The number of imide groups is 1. The zero-order valence-electron chi connectivity index (χ0n) is 20.9. The number of urea groups is 1. The minimum atomic E-state index is -0.744. The highest BCUT2D eigenvalue weighted by molar-refractivity contribution is 5.99. The van der Waals surface area contributed by atoms with E-state index in [0.29, 0.717) is 30.9 Å². The first-order valence-corrected chi connectivity index (χ1v) is 12.8. The third-order valence-corrected chi connectivity index (χ3v) is 8.44. The molecule has 5 amide bonds. The van der Waals surface area contributed by atoms with Crippen molar-refractivity contribution in [2.45, 2.75) is 56.5 Å². The van der Waals surface area contributed by atoms with Crippen molar-refractivity contribution < 1.29 is 29.1 Å². The minimum absolute atomic E-state index is 0.0973. The van der Waals surface area contributed by atoms with Crippen LogP contribution in [0.3, 0.4) is 0 Å². The van der Waals surface area contributed by atoms with Gasteiger partial charge in [-0.3, -0.25) is 24.9 Å². The lowest BCUT2D eigenvalue weighted by atomic mass is 9.74. The van der Waals surface area contributed by atoms with E-state index in [2.05, 4.69) is 15.6 Å². The van der Waals surface area contributed by atoms with Crippen molar-refractivity contribution in [3.05, 3.63) is 30.0 Å². The molecule has 0 radical (unpaired) electrons. The number of hydrogen-bond donors (Lipinski definition) is 4. The molecule has 2 aliphatic heterocycles. The van der Waals surface area contributed by atoms with Crippen LogP contribution in [0.5, 0.6) is 5.75 Å². The number of nitrogens with zero attached hydrogens (tertiary/aromatic N) is 2. The average Bonchev–Trinajstić information content (AvgIpc) is 3.60. The van der Waals surface area contributed by atoms with Gasteiger partial charge in [-0.05, 0) is 68.2 Å². The maximum atomic E-state index is 13.4. The van der Waals surface area contributed by atoms with E-state index >= 15 is 0 Å². The molecule has 0 bridgehead atoms. The second-order valence-electron chi connectivity index (χ2n) is 10.3. The van der Waals surface area contributed by atoms with Crippen LogP contribution in [0.25, 0.3) is 10.9 Å². The Morgan fingerprint density at radius 1 is 1.32 bits per heavy atom. The highest BCUT2D eigenvalue weighted by Gasteiger charge is 2.61. The smallest absolute Gasteiger partial charge is 0.321 e. The molecule has 11 nitrogen and oxygen atoms in total. The number of fused-ring (bicyclic) bond motifs is 1. The predicted octanol–water partition coefficient (Wildman–Crippen LogP) is 1.94. The van der Waals surface area contributed by atoms with Gasteiger partial charge in [0.1, 0.15) is 11.8 Å². The molecule has 5 rings (SSSR count). The largest absolute Gasteiger partial charge is 0.497 e. The monoisotopic (exact) mass is 511 g/mol. The standard InChI is InChI=1S/C26H33N5O6/c1-37-19-4-5-21-20(12-19)16(13-28-21)7-10-27-25(35)29-23(33)22-6-9-26-8-2-3-18(26)11-17(14-30(36)15-32)24(34)31(22)26/h4-5,12-13,15,17-18,22,28,36H,2-3,6-11,14H2,1H3,(H2,27,29,33,35)/t17-,18?,22+,26?/m1/s1. The van der Waals surface area contributed by atoms with Crippen molar-refractivity contribution in [2.24, 2.45) is 11.8 Å². The first kappa shape index (κ1) is 25.1. The number of benzene rings is 1. The molecule has 4 atom stereocenters. The summed E-state index contributed by atoms with van der Waals surface area (Å²) in [6.45, 7) is 0.225. The molecule has 1 aromatic carbocycles. The average molecular weight is 512 g/mol. The van der Waals surface area contributed by atoms with Crippen molar-refractivity contribution >= 4 is 35.2 Å². The predicted molar refractivity (Wildman–Crippen MR) is 133 cm³/mol. The first-order valence-electron chi connectivity index (χ1n) is 12.8. The quantitative estimate of drug-likeness (QED) is 0.242. The van der Waals surface area contributed by atoms with Crippen LogP contribution in [0.2, 0.25) is 0 Å². The third kappa shape index (κ3) is 4.52. The third-order valence-electron chi connectivity index (χ3n) is 8.44. The van der Waals surface area contributed by atoms with Gasteiger partial charge in [0, 0.05) is 29.2 Å². The van der Waals surface area contributed by atoms with Gasteiger partial charge in [-0.2, -0.15) is 0 Å². The maximum absolute atomic E-state index is 13.4. The van der Waals surface area contributed by atoms with Gasteiger partial charge in [0.05, 0.1) is 19.6 Å². The van der Waals surface area contributed by atoms with Crippen molar-refractivity contribution in [1.29, 1.82) is 0 Å². The lowest BCUT2D eigenvalue weighted by Gasteiger charge is -2.49. The van der Waals surface area contributed by atoms with E-state index in [9.17, 15) is 24.4 Å². The summed E-state index contributed by atoms with van der Waals surface area (Å²) >= 11 is 0. The normalized spacial score (nSPS) is 26.5. The summed E-state index contributed by atoms with van der Waals surface area (Å²) in [5.41, 5.74) is 1.62. The molecule has 2 saturated heterocycles. The number of amides is 5. The molecular formula is C26H33N5O6. The Morgan fingerprint density at radius 2 is 2.16 bits per heavy atom. The first-order chi connectivity index (χ1) is 17.9. The summed E-state index contributed by atoms with van der Waals surface area (Å²) in [6.07, 6.45) is 7.28. The lowest BCUT2D eigenvalue weighted by molar-refractivity contribution is -0.166. The highest BCUT2D eigenvalue weighted by atomic mass is 16.5. The Morgan fingerprint density at radius 3 is 2.95 bits per heavy atom. The summed E-state index contributed by atoms with van der Waals surface area (Å²) in [6, 6.07) is 4.40. The number of piperidine rings is 1. The van der Waals surface area contributed by atoms with Crippen molar-refractivity contribution in [1.82, 2.24) is 25.6 Å². The Balaban J connectivity index is 1.21. The second-order valence-corrected chi connectivity index (χ2v) is 10.3. The Bertz CT molecular complexity index is 1210. The molecule has 1 saturated carbocycles. The number of hydrogen-bond acceptors (Lipinski definition) is 6. The molecular weight excluding hydrogens is 478 g/mol. The Hall–Kier alpha value is -3.60. The van der Waals surface area contributed by atoms with Gasteiger partial charge in [-0.15, -0.1) is 0 Å². The molecule has 198 valence electrons. The van der Waals surface area contributed by atoms with Crippen LogP contribution >= 0.6 is 0 Å². The topological polar surface area (TPSA) is 144 Å². The number of H-pyrrole nitrogens is 1. The van der Waals surface area contributed by atoms with Gasteiger partial charge in [0.2, 0.25) is 12.3 Å². The number of rotatable bonds is 8. The molecule has 1 aliphatic carbocycles. The zero-order valence-corrected chi connectivity index (χ0v) is 20.9. The fourth-order valence-electron chi connectivity index (χ4n) is 6.78. The number of methoxy groups -OCH3 is 1. The summed E-state index contributed by atoms with van der Waals surface area (Å²) in [7, 11) is 1.61. The summed E-state index contributed by atoms with van der Waals surface area (Å²) in [5, 5.41) is 16.4. The number of nitrogens with one attached hydrogen (secondary N) is 3. The van der Waals surface area contributed by atoms with Gasteiger partial charge < -0.3 is 19.9 Å². The Labute approximate surface area is 214 Å². The molecule has 2 aromatic rings. The van der Waals surface area contributed by atoms with E-state index < -0.39 is 23.9 Å². The molecule has 11 heteroatoms. The van der Waals surface area contributed by atoms with Crippen molar-refractivity contribution in [2.75, 3.05) is 20.2 Å². The molecule has 1 aromatic heterocycles. The van der Waals surface area contributed by atoms with E-state index in [-0.39, 0.29) is 30.3 Å². The molecule has 3 aliphatic rings. The molecule has 37 heavy (non-hydrogen) atoms. The van der Waals surface area contributed by atoms with Crippen molar-refractivity contribution in [3.8, 4) is 5.75 Å². The van der Waals surface area contributed by atoms with Gasteiger partial charge in [0.25, 0.3) is 5.91 Å². The van der Waals surface area contributed by atoms with Gasteiger partial charge in [-0.25, -0.2) is 9.86 Å². The van der Waals surface area contributed by atoms with Crippen LogP contribution < -0.4 is 15.4 Å². The van der Waals surface area contributed by atoms with E-state index in [1.54, 1.807) is 12.0 Å². The van der Waals surface area contributed by atoms with Crippen LogP contribution in [0.15, 0.2) is 24.4 Å². The number of hydroxylamine groups is 2. The fraction of sp³-hybridized carbons (Fsp3) is 0.538. The number of carbonyl (C=O) groups is 4.